The van der Waals surface area contributed by atoms with Gasteiger partial charge >= 0.3 is 0 Å². The quantitative estimate of drug-likeness (QED) is 0.844. The largest absolute Gasteiger partial charge is 0.349 e. The first-order valence-corrected chi connectivity index (χ1v) is 6.61. The Morgan fingerprint density at radius 2 is 2.31 bits per heavy atom. The highest BCUT2D eigenvalue weighted by atomic mass is 32.1. The molecule has 0 aliphatic heterocycles. The molecule has 3 heteroatoms. The predicted molar refractivity (Wildman–Crippen MR) is 69.7 cm³/mol. The van der Waals surface area contributed by atoms with Gasteiger partial charge in [-0.1, -0.05) is 19.4 Å². The van der Waals surface area contributed by atoms with Gasteiger partial charge in [0, 0.05) is 23.3 Å². The van der Waals surface area contributed by atoms with E-state index >= 15 is 0 Å². The van der Waals surface area contributed by atoms with Gasteiger partial charge in [0.2, 0.25) is 0 Å². The molecule has 0 saturated heterocycles. The van der Waals surface area contributed by atoms with Crippen LogP contribution in [0.15, 0.2) is 36.0 Å². The summed E-state index contributed by atoms with van der Waals surface area (Å²) in [6.07, 6.45) is 6.48. The Morgan fingerprint density at radius 3 is 3.00 bits per heavy atom. The van der Waals surface area contributed by atoms with E-state index in [0.29, 0.717) is 0 Å². The molecular weight excluding hydrogens is 216 g/mol. The fraction of sp³-hybridized carbons (Fsp3) is 0.385. The molecule has 0 aromatic carbocycles. The lowest BCUT2D eigenvalue weighted by molar-refractivity contribution is 0.636. The van der Waals surface area contributed by atoms with E-state index < -0.39 is 0 Å². The maximum Gasteiger partial charge on any atom is 0.0563 e. The van der Waals surface area contributed by atoms with Gasteiger partial charge in [-0.25, -0.2) is 0 Å². The molecule has 0 radical (unpaired) electrons. The van der Waals surface area contributed by atoms with Crippen molar-refractivity contribution in [3.8, 4) is 0 Å². The number of nitrogens with zero attached hydrogens (tertiary/aromatic N) is 1. The third kappa shape index (κ3) is 2.74. The minimum atomic E-state index is 0.189. The summed E-state index contributed by atoms with van der Waals surface area (Å²) in [7, 11) is 0. The molecule has 0 amide bonds. The van der Waals surface area contributed by atoms with Crippen molar-refractivity contribution in [3.63, 3.8) is 0 Å². The van der Waals surface area contributed by atoms with Crippen molar-refractivity contribution in [1.29, 1.82) is 0 Å². The van der Waals surface area contributed by atoms with Gasteiger partial charge in [0.05, 0.1) is 6.54 Å². The molecule has 86 valence electrons. The summed E-state index contributed by atoms with van der Waals surface area (Å²) < 4.78 is 2.21. The van der Waals surface area contributed by atoms with Crippen LogP contribution in [0, 0.1) is 0 Å². The van der Waals surface area contributed by atoms with E-state index in [4.69, 9.17) is 5.73 Å². The van der Waals surface area contributed by atoms with Crippen LogP contribution in [0.5, 0.6) is 0 Å². The highest BCUT2D eigenvalue weighted by Crippen LogP contribution is 2.17. The topological polar surface area (TPSA) is 30.9 Å². The van der Waals surface area contributed by atoms with E-state index in [9.17, 15) is 0 Å². The summed E-state index contributed by atoms with van der Waals surface area (Å²) in [5.41, 5.74) is 7.33. The van der Waals surface area contributed by atoms with Crippen molar-refractivity contribution in [2.45, 2.75) is 32.4 Å². The standard InChI is InChI=1S/C13H18N2S/c1-2-4-13(14)11-6-7-15(9-11)10-12-5-3-8-16-12/h3,5-9,13H,2,4,10,14H2,1H3. The first kappa shape index (κ1) is 11.4. The van der Waals surface area contributed by atoms with Crippen LogP contribution in [0.4, 0.5) is 0 Å². The molecule has 0 aliphatic rings. The molecule has 2 aromatic rings. The lowest BCUT2D eigenvalue weighted by atomic mass is 10.1. The van der Waals surface area contributed by atoms with E-state index in [0.717, 1.165) is 19.4 Å². The molecule has 2 nitrogen and oxygen atoms in total. The Bertz CT molecular complexity index is 417. The Kier molecular flexibility index (Phi) is 3.80. The van der Waals surface area contributed by atoms with Crippen LogP contribution in [0.2, 0.25) is 0 Å². The molecule has 0 saturated carbocycles. The van der Waals surface area contributed by atoms with Crippen LogP contribution < -0.4 is 5.73 Å². The molecule has 2 aromatic heterocycles. The first-order chi connectivity index (χ1) is 7.79. The predicted octanol–water partition coefficient (Wildman–Crippen LogP) is 3.40. The van der Waals surface area contributed by atoms with Gasteiger partial charge in [0.1, 0.15) is 0 Å². The summed E-state index contributed by atoms with van der Waals surface area (Å²) in [6.45, 7) is 3.12. The van der Waals surface area contributed by atoms with Crippen LogP contribution >= 0.6 is 11.3 Å². The minimum Gasteiger partial charge on any atom is -0.349 e. The number of thiophene rings is 1. The second-order valence-electron chi connectivity index (χ2n) is 4.09. The maximum absolute atomic E-state index is 6.08. The van der Waals surface area contributed by atoms with Gasteiger partial charge in [-0.05, 0) is 29.5 Å². The highest BCUT2D eigenvalue weighted by molar-refractivity contribution is 7.09. The highest BCUT2D eigenvalue weighted by Gasteiger charge is 2.06. The van der Waals surface area contributed by atoms with Crippen molar-refractivity contribution >= 4 is 11.3 Å². The number of aromatic nitrogens is 1. The van der Waals surface area contributed by atoms with Crippen LogP contribution in [0.25, 0.3) is 0 Å². The average Bonchev–Trinajstić information content (AvgIpc) is 2.90. The van der Waals surface area contributed by atoms with Gasteiger partial charge in [0.15, 0.2) is 0 Å². The van der Waals surface area contributed by atoms with E-state index in [1.807, 2.05) is 0 Å². The van der Waals surface area contributed by atoms with Crippen LogP contribution in [0.1, 0.15) is 36.2 Å². The van der Waals surface area contributed by atoms with Crippen molar-refractivity contribution in [1.82, 2.24) is 4.57 Å². The summed E-state index contributed by atoms with van der Waals surface area (Å²) in [4.78, 5) is 1.38. The number of hydrogen-bond donors (Lipinski definition) is 1. The van der Waals surface area contributed by atoms with Gasteiger partial charge in [-0.3, -0.25) is 0 Å². The molecule has 1 unspecified atom stereocenters. The van der Waals surface area contributed by atoms with Crippen molar-refractivity contribution in [2.24, 2.45) is 5.73 Å². The van der Waals surface area contributed by atoms with Crippen molar-refractivity contribution < 1.29 is 0 Å². The average molecular weight is 234 g/mol. The summed E-state index contributed by atoms with van der Waals surface area (Å²) in [6, 6.07) is 6.58. The van der Waals surface area contributed by atoms with Crippen molar-refractivity contribution in [3.05, 3.63) is 46.4 Å². The van der Waals surface area contributed by atoms with Crippen LogP contribution in [-0.4, -0.2) is 4.57 Å². The van der Waals surface area contributed by atoms with E-state index in [2.05, 4.69) is 47.5 Å². The Hall–Kier alpha value is -1.06. The molecule has 0 spiro atoms. The minimum absolute atomic E-state index is 0.189. The molecule has 0 aliphatic carbocycles. The van der Waals surface area contributed by atoms with Gasteiger partial charge in [-0.2, -0.15) is 0 Å². The lowest BCUT2D eigenvalue weighted by Gasteiger charge is -2.07. The SMILES string of the molecule is CCCC(N)c1ccn(Cc2cccs2)c1. The molecule has 16 heavy (non-hydrogen) atoms. The molecule has 0 bridgehead atoms. The van der Waals surface area contributed by atoms with Gasteiger partial charge in [0.25, 0.3) is 0 Å². The van der Waals surface area contributed by atoms with Gasteiger partial charge in [-0.15, -0.1) is 11.3 Å². The zero-order valence-electron chi connectivity index (χ0n) is 9.60. The molecular formula is C13H18N2S. The fourth-order valence-corrected chi connectivity index (χ4v) is 2.55. The van der Waals surface area contributed by atoms with Crippen molar-refractivity contribution in [2.75, 3.05) is 0 Å². The lowest BCUT2D eigenvalue weighted by Crippen LogP contribution is -2.08. The smallest absolute Gasteiger partial charge is 0.0563 e. The second-order valence-corrected chi connectivity index (χ2v) is 5.12. The van der Waals surface area contributed by atoms with Crippen LogP contribution in [0.3, 0.4) is 0 Å². The van der Waals surface area contributed by atoms with Crippen LogP contribution in [-0.2, 0) is 6.54 Å². The molecule has 1 atom stereocenters. The Morgan fingerprint density at radius 1 is 1.44 bits per heavy atom. The zero-order valence-corrected chi connectivity index (χ0v) is 10.4. The van der Waals surface area contributed by atoms with E-state index in [1.165, 1.54) is 10.4 Å². The fourth-order valence-electron chi connectivity index (χ4n) is 1.84. The monoisotopic (exact) mass is 234 g/mol. The van der Waals surface area contributed by atoms with Gasteiger partial charge < -0.3 is 10.3 Å². The molecule has 0 fully saturated rings. The Labute approximate surface area is 101 Å². The normalized spacial score (nSPS) is 12.9. The number of nitrogens with two attached hydrogens (primary N) is 1. The van der Waals surface area contributed by atoms with E-state index in [1.54, 1.807) is 11.3 Å². The molecule has 2 heterocycles. The number of rotatable bonds is 5. The first-order valence-electron chi connectivity index (χ1n) is 5.73. The summed E-state index contributed by atoms with van der Waals surface area (Å²) >= 11 is 1.79. The summed E-state index contributed by atoms with van der Waals surface area (Å²) in [5.74, 6) is 0. The summed E-state index contributed by atoms with van der Waals surface area (Å²) in [5, 5.41) is 2.11. The molecule has 2 rings (SSSR count). The third-order valence-corrected chi connectivity index (χ3v) is 3.58. The molecule has 2 N–H and O–H groups in total. The second kappa shape index (κ2) is 5.32. The maximum atomic E-state index is 6.08. The number of hydrogen-bond acceptors (Lipinski definition) is 2. The third-order valence-electron chi connectivity index (χ3n) is 2.72. The Balaban J connectivity index is 2.02. The van der Waals surface area contributed by atoms with E-state index in [-0.39, 0.29) is 6.04 Å². The zero-order chi connectivity index (χ0) is 11.4.